The highest BCUT2D eigenvalue weighted by Gasteiger charge is 2.39. The van der Waals surface area contributed by atoms with Crippen LogP contribution < -0.4 is 0 Å². The van der Waals surface area contributed by atoms with Gasteiger partial charge in [-0.1, -0.05) is 190 Å². The van der Waals surface area contributed by atoms with Gasteiger partial charge >= 0.3 is 0 Å². The summed E-state index contributed by atoms with van der Waals surface area (Å²) in [5, 5.41) is 5.14. The second-order valence-corrected chi connectivity index (χ2v) is 17.6. The summed E-state index contributed by atoms with van der Waals surface area (Å²) in [4.78, 5) is 0. The summed E-state index contributed by atoms with van der Waals surface area (Å²) >= 11 is 0. The Morgan fingerprint density at radius 1 is 0.371 bits per heavy atom. The zero-order valence-electron chi connectivity index (χ0n) is 35.1. The average Bonchev–Trinajstić information content (AvgIpc) is 3.78. The second kappa shape index (κ2) is 14.3. The number of aromatic nitrogens is 1. The van der Waals surface area contributed by atoms with Crippen LogP contribution in [-0.2, 0) is 5.41 Å². The third kappa shape index (κ3) is 5.91. The van der Waals surface area contributed by atoms with Crippen LogP contribution in [0.4, 0.5) is 0 Å². The number of nitrogens with zero attached hydrogens (tertiary/aromatic N) is 1. The molecule has 0 unspecified atom stereocenters. The minimum absolute atomic E-state index is 0.131. The van der Waals surface area contributed by atoms with Gasteiger partial charge in [0.2, 0.25) is 0 Å². The number of hydrogen-bond donors (Lipinski definition) is 0. The molecule has 12 rings (SSSR count). The number of allylic oxidation sites excluding steroid dienone is 4. The fraction of sp³-hybridized carbons (Fsp3) is 0.0820. The molecule has 2 aliphatic rings. The number of hydrogen-bond acceptors (Lipinski definition) is 0. The van der Waals surface area contributed by atoms with Crippen molar-refractivity contribution in [2.75, 3.05) is 0 Å². The van der Waals surface area contributed by atoms with Crippen LogP contribution >= 0.6 is 0 Å². The monoisotopic (exact) mass is 791 g/mol. The lowest BCUT2D eigenvalue weighted by molar-refractivity contribution is 0.651. The predicted molar refractivity (Wildman–Crippen MR) is 264 cm³/mol. The summed E-state index contributed by atoms with van der Waals surface area (Å²) in [5.41, 5.74) is 21.9. The molecule has 1 aromatic heterocycles. The third-order valence-corrected chi connectivity index (χ3v) is 13.8. The fourth-order valence-corrected chi connectivity index (χ4v) is 10.5. The Kier molecular flexibility index (Phi) is 8.40. The highest BCUT2D eigenvalue weighted by Crippen LogP contribution is 2.53. The van der Waals surface area contributed by atoms with E-state index in [1.54, 1.807) is 0 Å². The molecule has 1 nitrogen and oxygen atoms in total. The van der Waals surface area contributed by atoms with Crippen LogP contribution in [0.15, 0.2) is 218 Å². The number of rotatable bonds is 6. The molecule has 0 saturated heterocycles. The van der Waals surface area contributed by atoms with Crippen molar-refractivity contribution < 1.29 is 0 Å². The standard InChI is InChI=1S/C61H45N/c1-61(2)57-38-49(52-19-11-17-46-16-9-10-18-51(46)52)28-32-53(57)54-33-31-50(39-58(54)61)62-59-34-29-47(44-24-20-42(21-25-44)40-12-5-3-6-13-40)36-55(59)56-37-48(30-35-60(56)62)45-26-22-43(23-27-45)41-14-7-4-8-15-41/h3-30,32,34-39H,31,33H2,1-2H3. The van der Waals surface area contributed by atoms with Crippen LogP contribution in [0.25, 0.3) is 99.5 Å². The van der Waals surface area contributed by atoms with E-state index in [2.05, 4.69) is 231 Å². The lowest BCUT2D eigenvalue weighted by Gasteiger charge is -2.27. The van der Waals surface area contributed by atoms with Crippen molar-refractivity contribution in [2.24, 2.45) is 0 Å². The first kappa shape index (κ1) is 36.4. The largest absolute Gasteiger partial charge is 0.313 e. The molecule has 2 aliphatic carbocycles. The van der Waals surface area contributed by atoms with Gasteiger partial charge in [0.15, 0.2) is 0 Å². The van der Waals surface area contributed by atoms with Crippen molar-refractivity contribution in [3.63, 3.8) is 0 Å². The van der Waals surface area contributed by atoms with Crippen molar-refractivity contribution in [3.05, 3.63) is 229 Å². The molecule has 0 N–H and O–H groups in total. The highest BCUT2D eigenvalue weighted by atomic mass is 15.0. The van der Waals surface area contributed by atoms with Crippen LogP contribution in [0.3, 0.4) is 0 Å². The summed E-state index contributed by atoms with van der Waals surface area (Å²) in [5.74, 6) is 0. The molecule has 0 bridgehead atoms. The van der Waals surface area contributed by atoms with Crippen molar-refractivity contribution in [3.8, 4) is 55.6 Å². The van der Waals surface area contributed by atoms with E-state index in [1.807, 2.05) is 0 Å². The molecule has 10 aromatic rings. The minimum atomic E-state index is -0.131. The average molecular weight is 792 g/mol. The number of benzene rings is 9. The Morgan fingerprint density at radius 3 is 1.45 bits per heavy atom. The van der Waals surface area contributed by atoms with Crippen molar-refractivity contribution in [2.45, 2.75) is 32.1 Å². The maximum atomic E-state index is 2.57. The molecule has 0 radical (unpaired) electrons. The van der Waals surface area contributed by atoms with E-state index in [-0.39, 0.29) is 5.41 Å². The summed E-state index contributed by atoms with van der Waals surface area (Å²) < 4.78 is 2.57. The van der Waals surface area contributed by atoms with Crippen LogP contribution in [0.1, 0.15) is 37.8 Å². The Hall–Kier alpha value is -7.48. The molecule has 0 fully saturated rings. The summed E-state index contributed by atoms with van der Waals surface area (Å²) in [7, 11) is 0. The van der Waals surface area contributed by atoms with Gasteiger partial charge in [0.25, 0.3) is 0 Å². The zero-order chi connectivity index (χ0) is 41.4. The molecule has 1 heterocycles. The molecule has 294 valence electrons. The van der Waals surface area contributed by atoms with Gasteiger partial charge < -0.3 is 4.57 Å². The molecule has 62 heavy (non-hydrogen) atoms. The fourth-order valence-electron chi connectivity index (χ4n) is 10.5. The van der Waals surface area contributed by atoms with E-state index >= 15 is 0 Å². The van der Waals surface area contributed by atoms with Crippen molar-refractivity contribution in [1.82, 2.24) is 4.57 Å². The molecule has 0 saturated carbocycles. The van der Waals surface area contributed by atoms with E-state index in [0.717, 1.165) is 12.8 Å². The second-order valence-electron chi connectivity index (χ2n) is 17.6. The van der Waals surface area contributed by atoms with Gasteiger partial charge in [-0.2, -0.15) is 0 Å². The van der Waals surface area contributed by atoms with E-state index in [0.29, 0.717) is 0 Å². The smallest absolute Gasteiger partial charge is 0.0538 e. The van der Waals surface area contributed by atoms with E-state index in [9.17, 15) is 0 Å². The van der Waals surface area contributed by atoms with Gasteiger partial charge in [-0.3, -0.25) is 0 Å². The van der Waals surface area contributed by atoms with Gasteiger partial charge in [0.1, 0.15) is 0 Å². The van der Waals surface area contributed by atoms with Gasteiger partial charge in [-0.05, 0) is 138 Å². The lowest BCUT2D eigenvalue weighted by Crippen LogP contribution is -2.17. The van der Waals surface area contributed by atoms with E-state index < -0.39 is 0 Å². The maximum Gasteiger partial charge on any atom is 0.0538 e. The first-order valence-corrected chi connectivity index (χ1v) is 22.0. The van der Waals surface area contributed by atoms with Gasteiger partial charge in [0, 0.05) is 21.9 Å². The Balaban J connectivity index is 0.972. The molecular weight excluding hydrogens is 747 g/mol. The van der Waals surface area contributed by atoms with Gasteiger partial charge in [-0.25, -0.2) is 0 Å². The SMILES string of the molecule is CC1(C)C2=C(CCC(n3c4ccc(-c5ccc(-c6ccccc6)cc5)cc4c4cc(-c5ccc(-c6ccccc6)cc5)ccc43)=C2)c2ccc(-c3cccc4ccccc34)cc21. The summed E-state index contributed by atoms with van der Waals surface area (Å²) in [6, 6.07) is 76.2. The first-order chi connectivity index (χ1) is 30.5. The normalized spacial score (nSPS) is 14.3. The van der Waals surface area contributed by atoms with Crippen LogP contribution in [-0.4, -0.2) is 4.57 Å². The van der Waals surface area contributed by atoms with Gasteiger partial charge in [-0.15, -0.1) is 0 Å². The molecular formula is C61H45N. The van der Waals surface area contributed by atoms with Crippen LogP contribution in [0.5, 0.6) is 0 Å². The quantitative estimate of drug-likeness (QED) is 0.158. The maximum absolute atomic E-state index is 2.57. The van der Waals surface area contributed by atoms with Crippen LogP contribution in [0.2, 0.25) is 0 Å². The zero-order valence-corrected chi connectivity index (χ0v) is 35.1. The topological polar surface area (TPSA) is 4.93 Å². The van der Waals surface area contributed by atoms with Gasteiger partial charge in [0.05, 0.1) is 11.0 Å². The molecule has 0 amide bonds. The number of fused-ring (bicyclic) bond motifs is 6. The molecule has 0 atom stereocenters. The Morgan fingerprint density at radius 2 is 0.855 bits per heavy atom. The Labute approximate surface area is 363 Å². The third-order valence-electron chi connectivity index (χ3n) is 13.8. The lowest BCUT2D eigenvalue weighted by atomic mass is 9.79. The van der Waals surface area contributed by atoms with Crippen LogP contribution in [0, 0.1) is 0 Å². The molecule has 9 aromatic carbocycles. The van der Waals surface area contributed by atoms with E-state index in [4.69, 9.17) is 0 Å². The van der Waals surface area contributed by atoms with E-state index in [1.165, 1.54) is 116 Å². The molecule has 0 spiro atoms. The highest BCUT2D eigenvalue weighted by molar-refractivity contribution is 6.13. The predicted octanol–water partition coefficient (Wildman–Crippen LogP) is 16.7. The first-order valence-electron chi connectivity index (χ1n) is 22.0. The molecule has 1 heteroatoms. The van der Waals surface area contributed by atoms with Crippen molar-refractivity contribution >= 4 is 43.8 Å². The molecule has 0 aliphatic heterocycles. The summed E-state index contributed by atoms with van der Waals surface area (Å²) in [6.07, 6.45) is 4.54. The summed E-state index contributed by atoms with van der Waals surface area (Å²) in [6.45, 7) is 4.86. The minimum Gasteiger partial charge on any atom is -0.313 e. The van der Waals surface area contributed by atoms with Crippen molar-refractivity contribution in [1.29, 1.82) is 0 Å². The Bertz CT molecular complexity index is 3290.